The summed E-state index contributed by atoms with van der Waals surface area (Å²) in [6.07, 6.45) is 0. The molecule has 0 heterocycles. The molecule has 0 spiro atoms. The average Bonchev–Trinajstić information content (AvgIpc) is 1.68. The van der Waals surface area contributed by atoms with Gasteiger partial charge in [0.25, 0.3) is 0 Å². The molecule has 0 N–H and O–H groups in total. The van der Waals surface area contributed by atoms with Crippen LogP contribution in [0.25, 0.3) is 0 Å². The van der Waals surface area contributed by atoms with Crippen LogP contribution in [0.2, 0.25) is 0 Å². The highest BCUT2D eigenvalue weighted by molar-refractivity contribution is 7.74. The van der Waals surface area contributed by atoms with E-state index in [-0.39, 0.29) is 12.4 Å². The smallest absolute Gasteiger partial charge is 0.0859 e. The highest BCUT2D eigenvalue weighted by Gasteiger charge is 2.07. The van der Waals surface area contributed by atoms with Crippen molar-refractivity contribution in [1.29, 1.82) is 0 Å². The van der Waals surface area contributed by atoms with Crippen LogP contribution in [0.15, 0.2) is 0 Å². The van der Waals surface area contributed by atoms with Crippen LogP contribution in [-0.2, 0) is 0 Å². The summed E-state index contributed by atoms with van der Waals surface area (Å²) in [5.41, 5.74) is 0. The molecule has 0 saturated carbocycles. The Hall–Kier alpha value is 0.600. The summed E-state index contributed by atoms with van der Waals surface area (Å²) < 4.78 is 0.833. The fraction of sp³-hybridized carbons (Fsp3) is 1.00. The first-order valence-electron chi connectivity index (χ1n) is 2.69. The summed E-state index contributed by atoms with van der Waals surface area (Å²) >= 11 is 4.32. The summed E-state index contributed by atoms with van der Waals surface area (Å²) in [5, 5.41) is 0. The highest BCUT2D eigenvalue weighted by Crippen LogP contribution is 2.02. The molecule has 52 valence electrons. The van der Waals surface area contributed by atoms with E-state index >= 15 is 0 Å². The molecule has 0 amide bonds. The van der Waals surface area contributed by atoms with E-state index in [1.165, 1.54) is 0 Å². The van der Waals surface area contributed by atoms with Crippen LogP contribution in [0.5, 0.6) is 0 Å². The van der Waals surface area contributed by atoms with Gasteiger partial charge >= 0.3 is 0 Å². The van der Waals surface area contributed by atoms with Crippen molar-refractivity contribution in [1.82, 2.24) is 0 Å². The lowest BCUT2D eigenvalue weighted by atomic mass is 10.6. The van der Waals surface area contributed by atoms with E-state index in [0.29, 0.717) is 0 Å². The van der Waals surface area contributed by atoms with E-state index in [0.717, 1.165) is 17.0 Å². The number of rotatable bonds is 2. The maximum atomic E-state index is 4.32. The van der Waals surface area contributed by atoms with Crippen LogP contribution >= 0.6 is 12.8 Å². The Morgan fingerprint density at radius 2 is 1.50 bits per heavy atom. The Bertz CT molecular complexity index is 50.4. The van der Waals surface area contributed by atoms with Crippen molar-refractivity contribution in [3.8, 4) is 0 Å². The lowest BCUT2D eigenvalue weighted by molar-refractivity contribution is -0.765. The zero-order chi connectivity index (χ0) is 5.91. The molecule has 0 aliphatic rings. The predicted molar refractivity (Wildman–Crippen MR) is 36.3 cm³/mol. The minimum atomic E-state index is 0. The van der Waals surface area contributed by atoms with Gasteiger partial charge in [0.2, 0.25) is 0 Å². The molecule has 0 atom stereocenters. The van der Waals surface area contributed by atoms with Crippen LogP contribution < -0.4 is 12.4 Å². The third kappa shape index (κ3) is 4.75. The monoisotopic (exact) mass is 155 g/mol. The van der Waals surface area contributed by atoms with Crippen molar-refractivity contribution in [3.63, 3.8) is 0 Å². The van der Waals surface area contributed by atoms with E-state index in [2.05, 4.69) is 33.7 Å². The fourth-order valence-corrected chi connectivity index (χ4v) is 0.224. The van der Waals surface area contributed by atoms with E-state index in [4.69, 9.17) is 0 Å². The van der Waals surface area contributed by atoms with E-state index in [1.54, 1.807) is 0 Å². The Kier molecular flexibility index (Phi) is 6.38. The maximum absolute atomic E-state index is 4.32. The number of hydrogen-bond donors (Lipinski definition) is 1. The zero-order valence-electron chi connectivity index (χ0n) is 5.69. The molecule has 0 aromatic heterocycles. The first-order chi connectivity index (χ1) is 3.12. The van der Waals surface area contributed by atoms with Crippen molar-refractivity contribution < 1.29 is 16.3 Å². The molecule has 0 rings (SSSR count). The molecule has 0 saturated heterocycles. The molecule has 0 fully saturated rings. The molecule has 0 aliphatic heterocycles. The van der Waals surface area contributed by atoms with Gasteiger partial charge in [0.1, 0.15) is 0 Å². The van der Waals surface area contributed by atoms with Crippen LogP contribution in [0, 0.1) is 0 Å². The van der Waals surface area contributed by atoms with Gasteiger partial charge in [-0.05, 0) is 13.8 Å². The average molecular weight is 156 g/mol. The Balaban J connectivity index is 0. The quantitative estimate of drug-likeness (QED) is 0.358. The highest BCUT2D eigenvalue weighted by atomic mass is 35.5. The topological polar surface area (TPSA) is 0 Å². The van der Waals surface area contributed by atoms with Gasteiger partial charge in [-0.1, -0.05) is 0 Å². The zero-order valence-corrected chi connectivity index (χ0v) is 7.34. The van der Waals surface area contributed by atoms with Crippen molar-refractivity contribution in [2.24, 2.45) is 0 Å². The number of quaternary nitrogens is 1. The molecule has 0 aromatic carbocycles. The van der Waals surface area contributed by atoms with Gasteiger partial charge in [-0.3, -0.25) is 3.89 Å². The van der Waals surface area contributed by atoms with Crippen molar-refractivity contribution in [3.05, 3.63) is 0 Å². The standard InChI is InChI=1S/C5H14NS.ClH/c1-4-6(3,7)5-2;/h7H,4-5H2,1-3H3;1H/q+1;/p-1. The van der Waals surface area contributed by atoms with Gasteiger partial charge in [0.05, 0.1) is 33.0 Å². The van der Waals surface area contributed by atoms with E-state index in [1.807, 2.05) is 0 Å². The molecule has 0 bridgehead atoms. The number of thiol groups is 1. The first-order valence-corrected chi connectivity index (χ1v) is 3.09. The largest absolute Gasteiger partial charge is 1.00 e. The molecule has 0 aliphatic carbocycles. The minimum Gasteiger partial charge on any atom is -1.00 e. The fourth-order valence-electron chi connectivity index (χ4n) is 0.224. The lowest BCUT2D eigenvalue weighted by Gasteiger charge is -2.22. The number of hydrogen-bond acceptors (Lipinski definition) is 1. The molecule has 3 heteroatoms. The van der Waals surface area contributed by atoms with Gasteiger partial charge in [-0.2, -0.15) is 0 Å². The molecule has 0 aromatic rings. The van der Waals surface area contributed by atoms with Crippen LogP contribution in [0.3, 0.4) is 0 Å². The summed E-state index contributed by atoms with van der Waals surface area (Å²) in [5.74, 6) is 0. The van der Waals surface area contributed by atoms with Crippen LogP contribution in [-0.4, -0.2) is 24.0 Å². The van der Waals surface area contributed by atoms with E-state index < -0.39 is 0 Å². The van der Waals surface area contributed by atoms with E-state index in [9.17, 15) is 0 Å². The summed E-state index contributed by atoms with van der Waals surface area (Å²) in [6, 6.07) is 0. The lowest BCUT2D eigenvalue weighted by Crippen LogP contribution is -3.00. The minimum absolute atomic E-state index is 0. The summed E-state index contributed by atoms with van der Waals surface area (Å²) in [6.45, 7) is 6.46. The molecule has 1 nitrogen and oxygen atoms in total. The molecule has 0 radical (unpaired) electrons. The van der Waals surface area contributed by atoms with Gasteiger partial charge in [0.15, 0.2) is 0 Å². The second-order valence-electron chi connectivity index (χ2n) is 1.97. The normalized spacial score (nSPS) is 10.5. The second kappa shape index (κ2) is 4.48. The van der Waals surface area contributed by atoms with Crippen molar-refractivity contribution >= 4 is 12.8 Å². The molecular weight excluding hydrogens is 142 g/mol. The third-order valence-electron chi connectivity index (χ3n) is 1.36. The third-order valence-corrected chi connectivity index (χ3v) is 1.93. The summed E-state index contributed by atoms with van der Waals surface area (Å²) in [4.78, 5) is 0. The number of halogens is 1. The predicted octanol–water partition coefficient (Wildman–Crippen LogP) is -1.68. The van der Waals surface area contributed by atoms with Gasteiger partial charge < -0.3 is 12.4 Å². The SMILES string of the molecule is CC[N+](C)(S)CC.[Cl-]. The summed E-state index contributed by atoms with van der Waals surface area (Å²) in [7, 11) is 2.10. The maximum Gasteiger partial charge on any atom is 0.0859 e. The first kappa shape index (κ1) is 11.4. The van der Waals surface area contributed by atoms with Gasteiger partial charge in [0, 0.05) is 0 Å². The van der Waals surface area contributed by atoms with Crippen molar-refractivity contribution in [2.45, 2.75) is 13.8 Å². The van der Waals surface area contributed by atoms with Gasteiger partial charge in [-0.25, -0.2) is 0 Å². The second-order valence-corrected chi connectivity index (χ2v) is 2.94. The van der Waals surface area contributed by atoms with Crippen molar-refractivity contribution in [2.75, 3.05) is 20.1 Å². The number of nitrogens with zero attached hydrogens (tertiary/aromatic N) is 1. The van der Waals surface area contributed by atoms with Gasteiger partial charge in [-0.15, -0.1) is 0 Å². The Morgan fingerprint density at radius 1 is 1.25 bits per heavy atom. The van der Waals surface area contributed by atoms with Crippen LogP contribution in [0.1, 0.15) is 13.8 Å². The molecule has 0 unspecified atom stereocenters. The Labute approximate surface area is 63.6 Å². The van der Waals surface area contributed by atoms with Crippen LogP contribution in [0.4, 0.5) is 0 Å². The molecular formula is C5H14ClNS. The molecule has 8 heavy (non-hydrogen) atoms. The Morgan fingerprint density at radius 3 is 1.50 bits per heavy atom.